The minimum atomic E-state index is -1.29. The van der Waals surface area contributed by atoms with Crippen molar-refractivity contribution in [2.45, 2.75) is 31.3 Å². The summed E-state index contributed by atoms with van der Waals surface area (Å²) in [5, 5.41) is 8.90. The first-order valence-electron chi connectivity index (χ1n) is 4.19. The Morgan fingerprint density at radius 3 is 2.31 bits per heavy atom. The monoisotopic (exact) mass is 184 g/mol. The van der Waals surface area contributed by atoms with E-state index in [4.69, 9.17) is 9.84 Å². The molecule has 0 aromatic rings. The second-order valence-electron chi connectivity index (χ2n) is 3.13. The van der Waals surface area contributed by atoms with E-state index in [1.54, 1.807) is 0 Å². The maximum Gasteiger partial charge on any atom is 0.348 e. The van der Waals surface area contributed by atoms with E-state index in [1.807, 2.05) is 0 Å². The minimum Gasteiger partial charge on any atom is -0.478 e. The topological polar surface area (TPSA) is 63.6 Å². The highest BCUT2D eigenvalue weighted by atomic mass is 16.6. The van der Waals surface area contributed by atoms with Crippen LogP contribution < -0.4 is 0 Å². The van der Waals surface area contributed by atoms with E-state index in [1.165, 1.54) is 0 Å². The molecule has 4 heteroatoms. The zero-order chi connectivity index (χ0) is 9.90. The Morgan fingerprint density at radius 2 is 1.92 bits per heavy atom. The summed E-state index contributed by atoms with van der Waals surface area (Å²) in [5.74, 6) is -1.72. The van der Waals surface area contributed by atoms with Crippen LogP contribution >= 0.6 is 0 Å². The van der Waals surface area contributed by atoms with Gasteiger partial charge in [-0.25, -0.2) is 9.59 Å². The van der Waals surface area contributed by atoms with E-state index in [2.05, 4.69) is 6.58 Å². The maximum atomic E-state index is 10.9. The number of carbonyl (C=O) groups excluding carboxylic acids is 1. The third-order valence-electron chi connectivity index (χ3n) is 2.26. The molecule has 1 fully saturated rings. The first kappa shape index (κ1) is 9.77. The van der Waals surface area contributed by atoms with Crippen LogP contribution in [0.5, 0.6) is 0 Å². The van der Waals surface area contributed by atoms with Crippen molar-refractivity contribution in [3.63, 3.8) is 0 Å². The van der Waals surface area contributed by atoms with Crippen LogP contribution in [0.2, 0.25) is 0 Å². The largest absolute Gasteiger partial charge is 0.478 e. The van der Waals surface area contributed by atoms with Gasteiger partial charge in [-0.15, -0.1) is 0 Å². The van der Waals surface area contributed by atoms with Crippen LogP contribution in [0.4, 0.5) is 0 Å². The van der Waals surface area contributed by atoms with Gasteiger partial charge >= 0.3 is 11.9 Å². The van der Waals surface area contributed by atoms with Crippen molar-refractivity contribution in [1.82, 2.24) is 0 Å². The summed E-state index contributed by atoms with van der Waals surface area (Å²) < 4.78 is 4.85. The first-order valence-corrected chi connectivity index (χ1v) is 4.19. The molecule has 0 saturated heterocycles. The summed E-state index contributed by atoms with van der Waals surface area (Å²) in [6.07, 6.45) is 3.38. The molecule has 1 aliphatic carbocycles. The third kappa shape index (κ3) is 1.88. The van der Waals surface area contributed by atoms with Gasteiger partial charge in [0.15, 0.2) is 0 Å². The van der Waals surface area contributed by atoms with Crippen LogP contribution in [0.1, 0.15) is 25.7 Å². The fourth-order valence-electron chi connectivity index (χ4n) is 1.54. The molecule has 0 aliphatic heterocycles. The highest BCUT2D eigenvalue weighted by molar-refractivity contribution is 5.87. The van der Waals surface area contributed by atoms with Crippen LogP contribution in [0, 0.1) is 0 Å². The van der Waals surface area contributed by atoms with E-state index in [0.717, 1.165) is 18.9 Å². The SMILES string of the molecule is C=CC(=O)OC1(C(=O)O)CCCC1. The summed E-state index contributed by atoms with van der Waals surface area (Å²) >= 11 is 0. The Hall–Kier alpha value is -1.32. The molecule has 1 N–H and O–H groups in total. The summed E-state index contributed by atoms with van der Waals surface area (Å²) in [6.45, 7) is 3.23. The molecule has 0 bridgehead atoms. The normalized spacial score (nSPS) is 19.4. The van der Waals surface area contributed by atoms with Crippen molar-refractivity contribution < 1.29 is 19.4 Å². The Balaban J connectivity index is 2.73. The van der Waals surface area contributed by atoms with Gasteiger partial charge in [0.1, 0.15) is 0 Å². The summed E-state index contributed by atoms with van der Waals surface area (Å²) in [6, 6.07) is 0. The minimum absolute atomic E-state index is 0.405. The van der Waals surface area contributed by atoms with Gasteiger partial charge in [-0.05, 0) is 25.7 Å². The fourth-order valence-corrected chi connectivity index (χ4v) is 1.54. The fraction of sp³-hybridized carbons (Fsp3) is 0.556. The molecule has 0 unspecified atom stereocenters. The van der Waals surface area contributed by atoms with Crippen molar-refractivity contribution in [3.05, 3.63) is 12.7 Å². The van der Waals surface area contributed by atoms with E-state index in [9.17, 15) is 9.59 Å². The van der Waals surface area contributed by atoms with Crippen LogP contribution in [-0.4, -0.2) is 22.6 Å². The zero-order valence-corrected chi connectivity index (χ0v) is 7.28. The summed E-state index contributed by atoms with van der Waals surface area (Å²) in [5.41, 5.74) is -1.29. The van der Waals surface area contributed by atoms with Gasteiger partial charge in [-0.3, -0.25) is 0 Å². The first-order chi connectivity index (χ1) is 6.10. The number of hydrogen-bond donors (Lipinski definition) is 1. The maximum absolute atomic E-state index is 10.9. The Morgan fingerprint density at radius 1 is 1.38 bits per heavy atom. The molecule has 0 atom stereocenters. The van der Waals surface area contributed by atoms with Gasteiger partial charge in [0.05, 0.1) is 0 Å². The lowest BCUT2D eigenvalue weighted by Gasteiger charge is -2.22. The third-order valence-corrected chi connectivity index (χ3v) is 2.26. The quantitative estimate of drug-likeness (QED) is 0.527. The van der Waals surface area contributed by atoms with Crippen molar-refractivity contribution in [3.8, 4) is 0 Å². The average molecular weight is 184 g/mol. The molecule has 1 saturated carbocycles. The van der Waals surface area contributed by atoms with Gasteiger partial charge in [-0.1, -0.05) is 6.58 Å². The number of carboxylic acids is 1. The number of rotatable bonds is 3. The average Bonchev–Trinajstić information content (AvgIpc) is 2.54. The predicted octanol–water partition coefficient (Wildman–Crippen LogP) is 1.11. The van der Waals surface area contributed by atoms with Crippen molar-refractivity contribution >= 4 is 11.9 Å². The molecule has 1 aliphatic rings. The molecular formula is C9H12O4. The standard InChI is InChI=1S/C9H12O4/c1-2-7(10)13-9(8(11)12)5-3-4-6-9/h2H,1,3-6H2,(H,11,12). The van der Waals surface area contributed by atoms with Crippen LogP contribution in [-0.2, 0) is 14.3 Å². The molecule has 0 aromatic carbocycles. The molecule has 0 amide bonds. The van der Waals surface area contributed by atoms with E-state index >= 15 is 0 Å². The predicted molar refractivity (Wildman–Crippen MR) is 45.1 cm³/mol. The molecule has 4 nitrogen and oxygen atoms in total. The number of aliphatic carboxylic acids is 1. The molecule has 72 valence electrons. The van der Waals surface area contributed by atoms with Crippen molar-refractivity contribution in [1.29, 1.82) is 0 Å². The molecule has 0 radical (unpaired) electrons. The molecule has 0 aromatic heterocycles. The molecule has 0 heterocycles. The smallest absolute Gasteiger partial charge is 0.348 e. The highest BCUT2D eigenvalue weighted by Crippen LogP contribution is 2.33. The van der Waals surface area contributed by atoms with E-state index in [0.29, 0.717) is 12.8 Å². The second-order valence-corrected chi connectivity index (χ2v) is 3.13. The van der Waals surface area contributed by atoms with Gasteiger partial charge in [-0.2, -0.15) is 0 Å². The zero-order valence-electron chi connectivity index (χ0n) is 7.28. The van der Waals surface area contributed by atoms with Crippen LogP contribution in [0.25, 0.3) is 0 Å². The lowest BCUT2D eigenvalue weighted by molar-refractivity contribution is -0.174. The molecule has 1 rings (SSSR count). The number of esters is 1. The number of ether oxygens (including phenoxy) is 1. The number of carbonyl (C=O) groups is 2. The molecule has 0 spiro atoms. The van der Waals surface area contributed by atoms with Crippen molar-refractivity contribution in [2.24, 2.45) is 0 Å². The number of hydrogen-bond acceptors (Lipinski definition) is 3. The van der Waals surface area contributed by atoms with E-state index in [-0.39, 0.29) is 0 Å². The lowest BCUT2D eigenvalue weighted by atomic mass is 10.0. The summed E-state index contributed by atoms with van der Waals surface area (Å²) in [4.78, 5) is 21.7. The van der Waals surface area contributed by atoms with Crippen LogP contribution in [0.3, 0.4) is 0 Å². The molecular weight excluding hydrogens is 172 g/mol. The summed E-state index contributed by atoms with van der Waals surface area (Å²) in [7, 11) is 0. The van der Waals surface area contributed by atoms with Gasteiger partial charge < -0.3 is 9.84 Å². The second kappa shape index (κ2) is 3.60. The Labute approximate surface area is 76.2 Å². The lowest BCUT2D eigenvalue weighted by Crippen LogP contribution is -2.40. The highest BCUT2D eigenvalue weighted by Gasteiger charge is 2.44. The molecule has 13 heavy (non-hydrogen) atoms. The van der Waals surface area contributed by atoms with Crippen molar-refractivity contribution in [2.75, 3.05) is 0 Å². The van der Waals surface area contributed by atoms with E-state index < -0.39 is 17.5 Å². The Kier molecular flexibility index (Phi) is 2.70. The van der Waals surface area contributed by atoms with Gasteiger partial charge in [0, 0.05) is 6.08 Å². The van der Waals surface area contributed by atoms with Crippen LogP contribution in [0.15, 0.2) is 12.7 Å². The number of carboxylic acid groups (broad SMARTS) is 1. The van der Waals surface area contributed by atoms with Gasteiger partial charge in [0.2, 0.25) is 5.60 Å². The van der Waals surface area contributed by atoms with Gasteiger partial charge in [0.25, 0.3) is 0 Å². The Bertz CT molecular complexity index is 238.